The highest BCUT2D eigenvalue weighted by Gasteiger charge is 2.30. The van der Waals surface area contributed by atoms with E-state index in [-0.39, 0.29) is 25.7 Å². The summed E-state index contributed by atoms with van der Waals surface area (Å²) in [5.74, 6) is -2.32. The topological polar surface area (TPSA) is 237 Å². The molecule has 0 aromatic heterocycles. The van der Waals surface area contributed by atoms with Crippen LogP contribution in [0.1, 0.15) is 310 Å². The number of ether oxygens (including phenoxy) is 4. The lowest BCUT2D eigenvalue weighted by molar-refractivity contribution is -0.161. The smallest absolute Gasteiger partial charge is 0.462 e. The van der Waals surface area contributed by atoms with E-state index < -0.39 is 97.5 Å². The zero-order valence-corrected chi connectivity index (χ0v) is 66.7. The van der Waals surface area contributed by atoms with Crippen LogP contribution in [-0.4, -0.2) is 96.7 Å². The van der Waals surface area contributed by atoms with Gasteiger partial charge in [-0.1, -0.05) is 302 Å². The Morgan fingerprint density at radius 2 is 0.529 bits per heavy atom. The van der Waals surface area contributed by atoms with Gasteiger partial charge in [-0.05, 0) is 128 Å². The highest BCUT2D eigenvalue weighted by molar-refractivity contribution is 7.47. The van der Waals surface area contributed by atoms with E-state index in [1.165, 1.54) is 77.0 Å². The maximum atomic E-state index is 13.1. The van der Waals surface area contributed by atoms with Gasteiger partial charge < -0.3 is 33.8 Å². The molecule has 5 unspecified atom stereocenters. The summed E-state index contributed by atoms with van der Waals surface area (Å²) >= 11 is 0. The number of esters is 4. The lowest BCUT2D eigenvalue weighted by atomic mass is 10.0. The summed E-state index contributed by atoms with van der Waals surface area (Å²) in [4.78, 5) is 72.9. The first kappa shape index (κ1) is 98.9. The molecular formula is C85H142O17P2. The number of phosphoric ester groups is 2. The third-order valence-electron chi connectivity index (χ3n) is 16.3. The van der Waals surface area contributed by atoms with Crippen molar-refractivity contribution >= 4 is 39.5 Å². The zero-order chi connectivity index (χ0) is 76.0. The minimum atomic E-state index is -5.00. The van der Waals surface area contributed by atoms with Gasteiger partial charge in [0.15, 0.2) is 12.2 Å². The number of carbonyl (C=O) groups is 4. The molecule has 0 fully saturated rings. The summed E-state index contributed by atoms with van der Waals surface area (Å²) in [6.07, 6.45) is 87.1. The normalized spacial score (nSPS) is 14.6. The van der Waals surface area contributed by atoms with Gasteiger partial charge in [-0.25, -0.2) is 9.13 Å². The molecule has 3 N–H and O–H groups in total. The summed E-state index contributed by atoms with van der Waals surface area (Å²) in [7, 11) is -9.99. The molecule has 17 nitrogen and oxygen atoms in total. The summed E-state index contributed by atoms with van der Waals surface area (Å²) < 4.78 is 68.5. The minimum Gasteiger partial charge on any atom is -0.462 e. The maximum Gasteiger partial charge on any atom is 0.472 e. The summed E-state index contributed by atoms with van der Waals surface area (Å²) in [6, 6.07) is 0. The Labute approximate surface area is 630 Å². The second kappa shape index (κ2) is 76.1. The van der Waals surface area contributed by atoms with Crippen LogP contribution in [0.2, 0.25) is 0 Å². The average Bonchev–Trinajstić information content (AvgIpc) is 0.931. The molecule has 0 amide bonds. The first-order valence-electron chi connectivity index (χ1n) is 40.1. The molecule has 5 atom stereocenters. The van der Waals surface area contributed by atoms with E-state index in [9.17, 15) is 43.2 Å². The van der Waals surface area contributed by atoms with E-state index in [2.05, 4.69) is 155 Å². The lowest BCUT2D eigenvalue weighted by Crippen LogP contribution is -2.30. The Hall–Kier alpha value is -5.06. The van der Waals surface area contributed by atoms with Gasteiger partial charge in [-0.3, -0.25) is 37.3 Å². The van der Waals surface area contributed by atoms with Crippen molar-refractivity contribution in [3.8, 4) is 0 Å². The molecule has 0 aromatic carbocycles. The molecule has 0 spiro atoms. The van der Waals surface area contributed by atoms with Gasteiger partial charge in [-0.2, -0.15) is 0 Å². The highest BCUT2D eigenvalue weighted by Crippen LogP contribution is 2.45. The van der Waals surface area contributed by atoms with Crippen LogP contribution < -0.4 is 0 Å². The van der Waals surface area contributed by atoms with Gasteiger partial charge in [0.05, 0.1) is 26.4 Å². The van der Waals surface area contributed by atoms with E-state index in [0.717, 1.165) is 148 Å². The third-order valence-corrected chi connectivity index (χ3v) is 18.2. The molecule has 0 aromatic rings. The largest absolute Gasteiger partial charge is 0.472 e. The average molecular weight is 1500 g/mol. The Morgan fingerprint density at radius 3 is 0.875 bits per heavy atom. The molecule has 19 heteroatoms. The lowest BCUT2D eigenvalue weighted by Gasteiger charge is -2.21. The molecule has 104 heavy (non-hydrogen) atoms. The van der Waals surface area contributed by atoms with Crippen LogP contribution >= 0.6 is 15.6 Å². The van der Waals surface area contributed by atoms with Crippen LogP contribution in [0.25, 0.3) is 0 Å². The molecule has 0 aliphatic carbocycles. The third kappa shape index (κ3) is 75.2. The van der Waals surface area contributed by atoms with Crippen molar-refractivity contribution in [2.75, 3.05) is 39.6 Å². The molecule has 0 aliphatic rings. The molecular weight excluding hydrogens is 1350 g/mol. The van der Waals surface area contributed by atoms with Crippen LogP contribution in [0.3, 0.4) is 0 Å². The highest BCUT2D eigenvalue weighted by atomic mass is 31.2. The predicted octanol–water partition coefficient (Wildman–Crippen LogP) is 23.4. The number of hydrogen-bond donors (Lipinski definition) is 3. The van der Waals surface area contributed by atoms with Crippen LogP contribution in [0.5, 0.6) is 0 Å². The number of unbranched alkanes of at least 4 members (excludes halogenated alkanes) is 24. The molecule has 0 saturated heterocycles. The summed E-state index contributed by atoms with van der Waals surface area (Å²) in [5.41, 5.74) is 0. The van der Waals surface area contributed by atoms with E-state index >= 15 is 0 Å². The minimum absolute atomic E-state index is 0.0311. The van der Waals surface area contributed by atoms with Crippen LogP contribution in [0, 0.1) is 0 Å². The molecule has 0 saturated carbocycles. The van der Waals surface area contributed by atoms with Crippen LogP contribution in [-0.2, 0) is 65.4 Å². The summed E-state index contributed by atoms with van der Waals surface area (Å²) in [6.45, 7) is 4.49. The molecule has 0 rings (SSSR count). The van der Waals surface area contributed by atoms with E-state index in [1.54, 1.807) is 0 Å². The first-order chi connectivity index (χ1) is 50.7. The van der Waals surface area contributed by atoms with E-state index in [1.807, 2.05) is 18.2 Å². The van der Waals surface area contributed by atoms with Gasteiger partial charge in [0.2, 0.25) is 0 Å². The summed E-state index contributed by atoms with van der Waals surface area (Å²) in [5, 5.41) is 10.6. The van der Waals surface area contributed by atoms with Crippen molar-refractivity contribution in [1.82, 2.24) is 0 Å². The molecule has 594 valence electrons. The second-order valence-corrected chi connectivity index (χ2v) is 29.2. The van der Waals surface area contributed by atoms with Gasteiger partial charge in [0.25, 0.3) is 0 Å². The fourth-order valence-corrected chi connectivity index (χ4v) is 11.8. The predicted molar refractivity (Wildman–Crippen MR) is 427 cm³/mol. The van der Waals surface area contributed by atoms with Crippen molar-refractivity contribution in [2.45, 2.75) is 329 Å². The van der Waals surface area contributed by atoms with Crippen molar-refractivity contribution in [3.63, 3.8) is 0 Å². The monoisotopic (exact) mass is 1500 g/mol. The number of aliphatic hydroxyl groups excluding tert-OH is 1. The number of aliphatic hydroxyl groups is 1. The van der Waals surface area contributed by atoms with E-state index in [4.69, 9.17) is 37.0 Å². The van der Waals surface area contributed by atoms with Gasteiger partial charge in [-0.15, -0.1) is 0 Å². The van der Waals surface area contributed by atoms with Crippen molar-refractivity contribution in [3.05, 3.63) is 146 Å². The molecule has 0 heterocycles. The van der Waals surface area contributed by atoms with Crippen LogP contribution in [0.4, 0.5) is 0 Å². The Morgan fingerprint density at radius 1 is 0.279 bits per heavy atom. The Kier molecular flexibility index (Phi) is 72.4. The van der Waals surface area contributed by atoms with Crippen LogP contribution in [0.15, 0.2) is 146 Å². The second-order valence-electron chi connectivity index (χ2n) is 26.2. The first-order valence-corrected chi connectivity index (χ1v) is 43.1. The molecule has 0 radical (unpaired) electrons. The number of rotatable bonds is 74. The van der Waals surface area contributed by atoms with Gasteiger partial charge >= 0.3 is 39.5 Å². The fourth-order valence-electron chi connectivity index (χ4n) is 10.3. The number of phosphoric acid groups is 2. The fraction of sp³-hybridized carbons (Fsp3) is 0.671. The molecule has 0 bridgehead atoms. The Balaban J connectivity index is 5.41. The van der Waals surface area contributed by atoms with Crippen molar-refractivity contribution in [1.29, 1.82) is 0 Å². The quantitative estimate of drug-likeness (QED) is 0.0169. The SMILES string of the molecule is CC/C=C\C/C=C\C/C=C\C/C=C\C/C=C\C/C=C\CCC(=O)OCC(COP(=O)(O)OCC(O)COP(=O)(O)OCC(COC(=O)CCCCC/C=C\C/C=C\C/C=C\C/C=C\C/C=C\CC)OC(=O)CCCCCCCCCCCCCCCCC)OC(=O)CCCCCCC/C=C\CCCC. The van der Waals surface area contributed by atoms with E-state index in [0.29, 0.717) is 32.1 Å². The van der Waals surface area contributed by atoms with Crippen molar-refractivity contribution in [2.24, 2.45) is 0 Å². The van der Waals surface area contributed by atoms with Gasteiger partial charge in [0.1, 0.15) is 19.3 Å². The Bertz CT molecular complexity index is 2540. The number of hydrogen-bond acceptors (Lipinski definition) is 15. The van der Waals surface area contributed by atoms with Gasteiger partial charge in [0, 0.05) is 25.7 Å². The number of carbonyl (C=O) groups excluding carboxylic acids is 4. The standard InChI is InChI=1S/C85H142O17P2/c1-5-9-13-17-21-25-29-32-35-37-39-41-44-46-50-53-57-61-65-69-82(87)95-75-80(101-84(89)71-67-63-59-55-49-28-24-20-16-12-8-4)77-99-103(91,92)97-73-79(86)74-98-104(93,94)100-78-81(102-85(90)72-68-64-60-56-52-48-43-34-31-27-23-19-15-11-7-3)76-96-83(88)70-66-62-58-54-51-47-45-42-40-38-36-33-30-26-22-18-14-10-6-2/h9-10,13-14,20-22,24-26,32-33,35-36,39-42,46-47,50-51,57,61,79-81,86H,5-8,11-12,15-19,23,27-31,34,37-38,43-45,48-49,52-56,58-60,62-78H2,1-4H3,(H,91,92)(H,93,94)/b13-9-,14-10-,24-20-,25-21-,26-22-,35-32-,36-33-,41-39-,42-40-,50-46-,51-47-,61-57-. The number of allylic oxidation sites excluding steroid dienone is 24. The molecule has 0 aliphatic heterocycles. The maximum absolute atomic E-state index is 13.1. The van der Waals surface area contributed by atoms with Crippen molar-refractivity contribution < 1.29 is 80.2 Å². The zero-order valence-electron chi connectivity index (χ0n) is 64.9.